The van der Waals surface area contributed by atoms with Crippen molar-refractivity contribution in [2.45, 2.75) is 32.4 Å². The first-order valence-corrected chi connectivity index (χ1v) is 11.6. The molecule has 184 valence electrons. The Morgan fingerprint density at radius 1 is 0.971 bits per heavy atom. The lowest BCUT2D eigenvalue weighted by Crippen LogP contribution is -2.51. The van der Waals surface area contributed by atoms with Gasteiger partial charge in [0.2, 0.25) is 5.91 Å². The van der Waals surface area contributed by atoms with E-state index in [1.165, 1.54) is 17.0 Å². The van der Waals surface area contributed by atoms with E-state index in [4.69, 9.17) is 9.47 Å². The van der Waals surface area contributed by atoms with Gasteiger partial charge < -0.3 is 19.7 Å². The molecule has 0 aromatic heterocycles. The lowest BCUT2D eigenvalue weighted by molar-refractivity contribution is -0.142. The minimum atomic E-state index is -0.785. The van der Waals surface area contributed by atoms with E-state index in [1.807, 2.05) is 61.5 Å². The van der Waals surface area contributed by atoms with Crippen LogP contribution < -0.4 is 14.8 Å². The molecule has 0 bridgehead atoms. The number of halogens is 1. The van der Waals surface area contributed by atoms with Crippen LogP contribution in [0.5, 0.6) is 11.5 Å². The highest BCUT2D eigenvalue weighted by atomic mass is 19.1. The zero-order chi connectivity index (χ0) is 25.0. The Morgan fingerprint density at radius 2 is 1.69 bits per heavy atom. The molecule has 0 saturated carbocycles. The van der Waals surface area contributed by atoms with Crippen LogP contribution in [0.15, 0.2) is 78.9 Å². The summed E-state index contributed by atoms with van der Waals surface area (Å²) < 4.78 is 24.9. The van der Waals surface area contributed by atoms with E-state index in [0.29, 0.717) is 18.7 Å². The quantitative estimate of drug-likeness (QED) is 0.420. The van der Waals surface area contributed by atoms with Crippen molar-refractivity contribution < 1.29 is 23.5 Å². The maximum Gasteiger partial charge on any atom is 0.261 e. The van der Waals surface area contributed by atoms with Crippen LogP contribution in [-0.4, -0.2) is 43.0 Å². The van der Waals surface area contributed by atoms with E-state index in [9.17, 15) is 14.0 Å². The summed E-state index contributed by atoms with van der Waals surface area (Å²) in [4.78, 5) is 28.2. The van der Waals surface area contributed by atoms with Gasteiger partial charge in [-0.1, -0.05) is 61.5 Å². The Balaban J connectivity index is 1.91. The number of benzene rings is 3. The molecule has 3 aromatic carbocycles. The number of nitrogens with zero attached hydrogens (tertiary/aromatic N) is 1. The van der Waals surface area contributed by atoms with Gasteiger partial charge in [0.15, 0.2) is 18.2 Å². The molecule has 3 rings (SSSR count). The first-order chi connectivity index (χ1) is 17.0. The second-order valence-electron chi connectivity index (χ2n) is 8.09. The number of para-hydroxylation sites is 1. The van der Waals surface area contributed by atoms with Gasteiger partial charge >= 0.3 is 0 Å². The van der Waals surface area contributed by atoms with Crippen molar-refractivity contribution in [2.75, 3.05) is 20.3 Å². The molecule has 3 aromatic rings. The summed E-state index contributed by atoms with van der Waals surface area (Å²) in [5.74, 6) is -0.604. The highest BCUT2D eigenvalue weighted by molar-refractivity contribution is 5.88. The molecular weight excluding hydrogens is 447 g/mol. The Morgan fingerprint density at radius 3 is 2.40 bits per heavy atom. The zero-order valence-electron chi connectivity index (χ0n) is 20.1. The van der Waals surface area contributed by atoms with Gasteiger partial charge in [0, 0.05) is 19.5 Å². The fourth-order valence-corrected chi connectivity index (χ4v) is 3.67. The monoisotopic (exact) mass is 478 g/mol. The highest BCUT2D eigenvalue weighted by Crippen LogP contribution is 2.20. The maximum absolute atomic E-state index is 14.1. The van der Waals surface area contributed by atoms with Gasteiger partial charge in [-0.25, -0.2) is 4.39 Å². The van der Waals surface area contributed by atoms with Crippen molar-refractivity contribution in [2.24, 2.45) is 0 Å². The van der Waals surface area contributed by atoms with Gasteiger partial charge in [-0.3, -0.25) is 9.59 Å². The van der Waals surface area contributed by atoms with Crippen molar-refractivity contribution in [3.8, 4) is 11.5 Å². The lowest BCUT2D eigenvalue weighted by Gasteiger charge is -2.31. The molecule has 7 heteroatoms. The van der Waals surface area contributed by atoms with E-state index in [-0.39, 0.29) is 18.2 Å². The predicted molar refractivity (Wildman–Crippen MR) is 133 cm³/mol. The third kappa shape index (κ3) is 7.57. The second-order valence-corrected chi connectivity index (χ2v) is 8.09. The first kappa shape index (κ1) is 25.7. The third-order valence-electron chi connectivity index (χ3n) is 5.50. The summed E-state index contributed by atoms with van der Waals surface area (Å²) in [6, 6.07) is 22.0. The smallest absolute Gasteiger partial charge is 0.261 e. The molecule has 0 spiro atoms. The molecule has 1 N–H and O–H groups in total. The van der Waals surface area contributed by atoms with Crippen LogP contribution in [0, 0.1) is 5.82 Å². The zero-order valence-corrected chi connectivity index (χ0v) is 20.1. The summed E-state index contributed by atoms with van der Waals surface area (Å²) in [6.45, 7) is 2.22. The van der Waals surface area contributed by atoms with E-state index < -0.39 is 24.4 Å². The Labute approximate surface area is 205 Å². The van der Waals surface area contributed by atoms with Crippen LogP contribution >= 0.6 is 0 Å². The molecule has 0 aliphatic rings. The number of hydrogen-bond donors (Lipinski definition) is 1. The highest BCUT2D eigenvalue weighted by Gasteiger charge is 2.30. The third-order valence-corrected chi connectivity index (χ3v) is 5.50. The molecule has 0 saturated heterocycles. The number of carbonyl (C=O) groups is 2. The molecule has 0 heterocycles. The van der Waals surface area contributed by atoms with E-state index in [0.717, 1.165) is 17.5 Å². The number of rotatable bonds is 12. The Bertz CT molecular complexity index is 1110. The molecule has 2 amide bonds. The minimum absolute atomic E-state index is 0.0165. The fraction of sp³-hybridized carbons (Fsp3) is 0.286. The molecule has 0 aliphatic heterocycles. The van der Waals surface area contributed by atoms with E-state index in [2.05, 4.69) is 5.32 Å². The van der Waals surface area contributed by atoms with Gasteiger partial charge in [0.25, 0.3) is 5.91 Å². The Hall–Kier alpha value is -3.87. The normalized spacial score (nSPS) is 11.4. The molecule has 0 unspecified atom stereocenters. The van der Waals surface area contributed by atoms with Crippen molar-refractivity contribution in [3.63, 3.8) is 0 Å². The van der Waals surface area contributed by atoms with Gasteiger partial charge in [-0.15, -0.1) is 0 Å². The summed E-state index contributed by atoms with van der Waals surface area (Å²) in [5.41, 5.74) is 1.72. The molecular formula is C28H31FN2O4. The van der Waals surface area contributed by atoms with E-state index >= 15 is 0 Å². The van der Waals surface area contributed by atoms with Gasteiger partial charge in [-0.2, -0.15) is 0 Å². The van der Waals surface area contributed by atoms with Crippen molar-refractivity contribution in [3.05, 3.63) is 95.8 Å². The number of nitrogens with one attached hydrogen (secondary N) is 1. The SMILES string of the molecule is CCCNC(=O)[C@H](Cc1ccccc1)N(Cc1cccc(OC)c1)C(=O)COc1ccccc1F. The maximum atomic E-state index is 14.1. The molecule has 1 atom stereocenters. The van der Waals surface area contributed by atoms with Crippen LogP contribution in [0.25, 0.3) is 0 Å². The molecule has 0 radical (unpaired) electrons. The van der Waals surface area contributed by atoms with Gasteiger partial charge in [-0.05, 0) is 41.8 Å². The van der Waals surface area contributed by atoms with Crippen LogP contribution in [0.2, 0.25) is 0 Å². The van der Waals surface area contributed by atoms with Crippen LogP contribution in [-0.2, 0) is 22.6 Å². The molecule has 6 nitrogen and oxygen atoms in total. The van der Waals surface area contributed by atoms with E-state index in [1.54, 1.807) is 19.2 Å². The summed E-state index contributed by atoms with van der Waals surface area (Å²) >= 11 is 0. The average Bonchev–Trinajstić information content (AvgIpc) is 2.89. The number of ether oxygens (including phenoxy) is 2. The lowest BCUT2D eigenvalue weighted by atomic mass is 10.0. The van der Waals surface area contributed by atoms with Crippen molar-refractivity contribution in [1.29, 1.82) is 0 Å². The summed E-state index contributed by atoms with van der Waals surface area (Å²) in [5, 5.41) is 2.92. The summed E-state index contributed by atoms with van der Waals surface area (Å²) in [7, 11) is 1.57. The molecule has 0 fully saturated rings. The number of amides is 2. The standard InChI is InChI=1S/C28H31FN2O4/c1-3-16-30-28(33)25(18-21-10-5-4-6-11-21)31(19-22-12-9-13-23(17-22)34-2)27(32)20-35-26-15-8-7-14-24(26)29/h4-15,17,25H,3,16,18-20H2,1-2H3,(H,30,33)/t25-/m0/s1. The topological polar surface area (TPSA) is 67.9 Å². The largest absolute Gasteiger partial charge is 0.497 e. The number of carbonyl (C=O) groups excluding carboxylic acids is 2. The van der Waals surface area contributed by atoms with Crippen LogP contribution in [0.4, 0.5) is 4.39 Å². The van der Waals surface area contributed by atoms with Crippen molar-refractivity contribution in [1.82, 2.24) is 10.2 Å². The average molecular weight is 479 g/mol. The second kappa shape index (κ2) is 13.1. The number of hydrogen-bond acceptors (Lipinski definition) is 4. The van der Waals surface area contributed by atoms with Crippen molar-refractivity contribution >= 4 is 11.8 Å². The fourth-order valence-electron chi connectivity index (χ4n) is 3.67. The molecule has 0 aliphatic carbocycles. The van der Waals surface area contributed by atoms with Crippen LogP contribution in [0.1, 0.15) is 24.5 Å². The van der Waals surface area contributed by atoms with Gasteiger partial charge in [0.05, 0.1) is 7.11 Å². The van der Waals surface area contributed by atoms with Gasteiger partial charge in [0.1, 0.15) is 11.8 Å². The first-order valence-electron chi connectivity index (χ1n) is 11.6. The Kier molecular flexibility index (Phi) is 9.66. The summed E-state index contributed by atoms with van der Waals surface area (Å²) in [6.07, 6.45) is 1.09. The predicted octanol–water partition coefficient (Wildman–Crippen LogP) is 4.38. The number of methoxy groups -OCH3 is 1. The molecule has 35 heavy (non-hydrogen) atoms. The minimum Gasteiger partial charge on any atom is -0.497 e. The van der Waals surface area contributed by atoms with Crippen LogP contribution in [0.3, 0.4) is 0 Å².